The first-order valence-corrected chi connectivity index (χ1v) is 8.58. The number of ketones is 1. The van der Waals surface area contributed by atoms with E-state index in [2.05, 4.69) is 21.2 Å². The molecule has 1 aromatic carbocycles. The number of hydrogen-bond acceptors (Lipinski definition) is 3. The molecule has 0 radical (unpaired) electrons. The largest absolute Gasteiger partial charge is 0.353 e. The van der Waals surface area contributed by atoms with Gasteiger partial charge in [0.15, 0.2) is 0 Å². The maximum atomic E-state index is 12.4. The van der Waals surface area contributed by atoms with Crippen molar-refractivity contribution in [3.05, 3.63) is 34.3 Å². The van der Waals surface area contributed by atoms with Crippen molar-refractivity contribution in [3.63, 3.8) is 0 Å². The van der Waals surface area contributed by atoms with E-state index in [0.717, 1.165) is 17.3 Å². The van der Waals surface area contributed by atoms with Crippen LogP contribution < -0.4 is 5.32 Å². The molecular weight excluding hydrogens is 360 g/mol. The average Bonchev–Trinajstić information content (AvgIpc) is 2.54. The Hall–Kier alpha value is -1.69. The third-order valence-electron chi connectivity index (χ3n) is 3.94. The van der Waals surface area contributed by atoms with E-state index in [1.54, 1.807) is 0 Å². The number of likely N-dealkylation sites (tertiary alicyclic amines) is 1. The Morgan fingerprint density at radius 3 is 2.30 bits per heavy atom. The van der Waals surface area contributed by atoms with E-state index in [9.17, 15) is 14.4 Å². The molecule has 1 N–H and O–H groups in total. The molecule has 0 aliphatic carbocycles. The Labute approximate surface area is 144 Å². The lowest BCUT2D eigenvalue weighted by Gasteiger charge is -2.32. The predicted molar refractivity (Wildman–Crippen MR) is 91.1 cm³/mol. The second-order valence-electron chi connectivity index (χ2n) is 5.84. The molecule has 1 aliphatic heterocycles. The Kier molecular flexibility index (Phi) is 6.33. The van der Waals surface area contributed by atoms with Gasteiger partial charge in [-0.15, -0.1) is 0 Å². The highest BCUT2D eigenvalue weighted by molar-refractivity contribution is 9.10. The predicted octanol–water partition coefficient (Wildman–Crippen LogP) is 2.54. The van der Waals surface area contributed by atoms with Crippen LogP contribution in [0.3, 0.4) is 0 Å². The summed E-state index contributed by atoms with van der Waals surface area (Å²) in [6.07, 6.45) is 2.02. The summed E-state index contributed by atoms with van der Waals surface area (Å²) in [4.78, 5) is 36.8. The van der Waals surface area contributed by atoms with Gasteiger partial charge in [0.1, 0.15) is 5.78 Å². The number of benzene rings is 1. The molecule has 0 bridgehead atoms. The summed E-state index contributed by atoms with van der Waals surface area (Å²) in [6.45, 7) is 2.75. The third kappa shape index (κ3) is 5.46. The number of Topliss-reactive ketones (excluding diaryl/α,β-unsaturated/α-hetero) is 1. The quantitative estimate of drug-likeness (QED) is 0.853. The highest BCUT2D eigenvalue weighted by Crippen LogP contribution is 2.16. The van der Waals surface area contributed by atoms with Crippen molar-refractivity contribution >= 4 is 33.5 Å². The zero-order valence-corrected chi connectivity index (χ0v) is 14.8. The fourth-order valence-electron chi connectivity index (χ4n) is 2.59. The molecule has 0 atom stereocenters. The van der Waals surface area contributed by atoms with Gasteiger partial charge in [0.05, 0.1) is 0 Å². The molecule has 1 fully saturated rings. The van der Waals surface area contributed by atoms with Crippen molar-refractivity contribution in [2.24, 2.45) is 0 Å². The van der Waals surface area contributed by atoms with E-state index in [1.807, 2.05) is 29.2 Å². The Morgan fingerprint density at radius 1 is 1.13 bits per heavy atom. The molecule has 2 amide bonds. The van der Waals surface area contributed by atoms with Crippen molar-refractivity contribution in [1.29, 1.82) is 0 Å². The molecule has 1 heterocycles. The lowest BCUT2D eigenvalue weighted by molar-refractivity contribution is -0.125. The Bertz CT molecular complexity index is 578. The van der Waals surface area contributed by atoms with Crippen LogP contribution >= 0.6 is 15.9 Å². The number of amides is 2. The van der Waals surface area contributed by atoms with Crippen LogP contribution in [0.2, 0.25) is 0 Å². The normalized spacial score (nSPS) is 15.3. The Morgan fingerprint density at radius 2 is 1.74 bits per heavy atom. The average molecular weight is 381 g/mol. The second-order valence-corrected chi connectivity index (χ2v) is 6.76. The van der Waals surface area contributed by atoms with Crippen LogP contribution in [0.25, 0.3) is 0 Å². The summed E-state index contributed by atoms with van der Waals surface area (Å²) < 4.78 is 0.945. The van der Waals surface area contributed by atoms with Crippen molar-refractivity contribution in [2.75, 3.05) is 13.1 Å². The van der Waals surface area contributed by atoms with E-state index in [-0.39, 0.29) is 36.5 Å². The lowest BCUT2D eigenvalue weighted by atomic mass is 10.0. The van der Waals surface area contributed by atoms with Crippen LogP contribution in [-0.2, 0) is 9.59 Å². The van der Waals surface area contributed by atoms with Crippen molar-refractivity contribution < 1.29 is 14.4 Å². The van der Waals surface area contributed by atoms with Crippen molar-refractivity contribution in [2.45, 2.75) is 38.6 Å². The number of nitrogens with one attached hydrogen (secondary N) is 1. The number of carbonyl (C=O) groups excluding carboxylic acids is 3. The maximum Gasteiger partial charge on any atom is 0.253 e. The molecule has 6 heteroatoms. The fraction of sp³-hybridized carbons (Fsp3) is 0.471. The Balaban J connectivity index is 1.79. The summed E-state index contributed by atoms with van der Waals surface area (Å²) >= 11 is 3.36. The minimum absolute atomic E-state index is 0.0232. The van der Waals surface area contributed by atoms with E-state index < -0.39 is 0 Å². The van der Waals surface area contributed by atoms with Gasteiger partial charge in [-0.05, 0) is 44.0 Å². The first-order chi connectivity index (χ1) is 11.0. The minimum Gasteiger partial charge on any atom is -0.353 e. The van der Waals surface area contributed by atoms with Crippen LogP contribution in [-0.4, -0.2) is 41.6 Å². The van der Waals surface area contributed by atoms with Gasteiger partial charge < -0.3 is 15.0 Å². The molecule has 0 unspecified atom stereocenters. The third-order valence-corrected chi connectivity index (χ3v) is 4.47. The number of carbonyl (C=O) groups is 3. The van der Waals surface area contributed by atoms with Gasteiger partial charge in [-0.1, -0.05) is 15.9 Å². The molecule has 0 spiro atoms. The van der Waals surface area contributed by atoms with Gasteiger partial charge in [-0.25, -0.2) is 0 Å². The molecule has 5 nitrogen and oxygen atoms in total. The zero-order valence-electron chi connectivity index (χ0n) is 13.2. The molecule has 1 aliphatic rings. The van der Waals surface area contributed by atoms with Gasteiger partial charge in [0.2, 0.25) is 5.91 Å². The van der Waals surface area contributed by atoms with Gasteiger partial charge >= 0.3 is 0 Å². The molecule has 0 saturated carbocycles. The topological polar surface area (TPSA) is 66.5 Å². The van der Waals surface area contributed by atoms with Crippen molar-refractivity contribution in [3.8, 4) is 0 Å². The molecule has 0 aromatic heterocycles. The molecular formula is C17H21BrN2O3. The summed E-state index contributed by atoms with van der Waals surface area (Å²) in [5, 5.41) is 2.95. The smallest absolute Gasteiger partial charge is 0.253 e. The minimum atomic E-state index is -0.0853. The SMILES string of the molecule is CC(=O)CCC(=O)NC1CCN(C(=O)c2ccc(Br)cc2)CC1. The standard InChI is InChI=1S/C17H21BrN2O3/c1-12(21)2-7-16(22)19-15-8-10-20(11-9-15)17(23)13-3-5-14(18)6-4-13/h3-6,15H,2,7-11H2,1H3,(H,19,22). The summed E-state index contributed by atoms with van der Waals surface area (Å²) in [5.74, 6) is -0.0354. The fourth-order valence-corrected chi connectivity index (χ4v) is 2.86. The van der Waals surface area contributed by atoms with Gasteiger partial charge in [-0.2, -0.15) is 0 Å². The van der Waals surface area contributed by atoms with Gasteiger partial charge in [0, 0.05) is 42.0 Å². The van der Waals surface area contributed by atoms with E-state index in [0.29, 0.717) is 18.7 Å². The van der Waals surface area contributed by atoms with Gasteiger partial charge in [-0.3, -0.25) is 9.59 Å². The number of piperidine rings is 1. The number of halogens is 1. The summed E-state index contributed by atoms with van der Waals surface area (Å²) in [7, 11) is 0. The van der Waals surface area contributed by atoms with Crippen molar-refractivity contribution in [1.82, 2.24) is 10.2 Å². The summed E-state index contributed by atoms with van der Waals surface area (Å²) in [5.41, 5.74) is 0.678. The van der Waals surface area contributed by atoms with E-state index in [4.69, 9.17) is 0 Å². The van der Waals surface area contributed by atoms with E-state index in [1.165, 1.54) is 6.92 Å². The molecule has 2 rings (SSSR count). The highest BCUT2D eigenvalue weighted by Gasteiger charge is 2.24. The zero-order chi connectivity index (χ0) is 16.8. The molecule has 1 saturated heterocycles. The summed E-state index contributed by atoms with van der Waals surface area (Å²) in [6, 6.07) is 7.41. The molecule has 23 heavy (non-hydrogen) atoms. The van der Waals surface area contributed by atoms with Gasteiger partial charge in [0.25, 0.3) is 5.91 Å². The molecule has 1 aromatic rings. The highest BCUT2D eigenvalue weighted by atomic mass is 79.9. The second kappa shape index (κ2) is 8.24. The van der Waals surface area contributed by atoms with Crippen LogP contribution in [0, 0.1) is 0 Å². The maximum absolute atomic E-state index is 12.4. The van der Waals surface area contributed by atoms with Crippen LogP contribution in [0.1, 0.15) is 43.0 Å². The van der Waals surface area contributed by atoms with Crippen LogP contribution in [0.15, 0.2) is 28.7 Å². The van der Waals surface area contributed by atoms with Crippen LogP contribution in [0.5, 0.6) is 0 Å². The lowest BCUT2D eigenvalue weighted by Crippen LogP contribution is -2.46. The number of nitrogens with zero attached hydrogens (tertiary/aromatic N) is 1. The monoisotopic (exact) mass is 380 g/mol. The van der Waals surface area contributed by atoms with Crippen LogP contribution in [0.4, 0.5) is 0 Å². The number of rotatable bonds is 5. The van der Waals surface area contributed by atoms with E-state index >= 15 is 0 Å². The first kappa shape index (κ1) is 17.7. The number of hydrogen-bond donors (Lipinski definition) is 1. The molecule has 124 valence electrons. The first-order valence-electron chi connectivity index (χ1n) is 7.79.